The van der Waals surface area contributed by atoms with E-state index in [9.17, 15) is 43.8 Å². The molecule has 0 bridgehead atoms. The summed E-state index contributed by atoms with van der Waals surface area (Å²) in [7, 11) is 3.98. The van der Waals surface area contributed by atoms with Crippen molar-refractivity contribution in [3.05, 3.63) is 120 Å². The number of amides is 15. The van der Waals surface area contributed by atoms with Crippen LogP contribution in [0, 0.1) is 23.2 Å². The van der Waals surface area contributed by atoms with E-state index in [1.165, 1.54) is 62.5 Å². The Morgan fingerprint density at radius 3 is 1.77 bits per heavy atom. The molecule has 45 heteroatoms. The Labute approximate surface area is 808 Å². The summed E-state index contributed by atoms with van der Waals surface area (Å²) in [5, 5.41) is 55.9. The number of aliphatic hydroxyl groups is 2. The van der Waals surface area contributed by atoms with Gasteiger partial charge in [0.05, 0.1) is 49.5 Å². The highest BCUT2D eigenvalue weighted by Gasteiger charge is 2.47. The monoisotopic (exact) mass is 1950 g/mol. The molecule has 3 aliphatic rings. The minimum Gasteiger partial charge on any atom is -0.394 e. The fourth-order valence-electron chi connectivity index (χ4n) is 17.6. The highest BCUT2D eigenvalue weighted by Crippen LogP contribution is 2.32. The van der Waals surface area contributed by atoms with Gasteiger partial charge in [-0.15, -0.1) is 11.8 Å². The number of H-pyrrole nitrogens is 3. The van der Waals surface area contributed by atoms with E-state index in [1.54, 1.807) is 86.9 Å². The molecule has 6 aromatic rings. The molecule has 0 radical (unpaired) electrons. The largest absolute Gasteiger partial charge is 0.394 e. The van der Waals surface area contributed by atoms with Gasteiger partial charge in [-0.3, -0.25) is 86.9 Å². The number of hydrogen-bond acceptors (Lipinski definition) is 23. The summed E-state index contributed by atoms with van der Waals surface area (Å²) in [6, 6.07) is 2.15. The SMILES string of the molecule is CCCC[C@H]1C(=O)N(C)[C@@H](CCCC)C(=O)N[C@@H](CCCNC(=N)N)C(=O)N[C@H](C(=O)NCC(N)=O)CSCC(=O)N[C@@H](Cc2ccc(N=C(N)N)cc2)C(=O)N(C)[C@@H](C)C(=O)N[C@@H](CC(N)=O)C(=O)N2CCC[C@H]2C(=O)N[C@@H](Cc2cnc[nH]2)C(=O)N[C@@H](CC(C)C)C(=O)N2C[C@H](O)C[C@H]2C(=O)C[C@@H](Cc2c[nH]c3ccccc23)C(=O)N[C@@H](CO)C(=O)C[C@@H](Cc2c[nH]c3ccccc23)C(=O)N1C. The standard InChI is InChI=1S/C94H133N25O19S/c1-9-11-24-72-86(132)109-65(23-17-31-102-93(97)98)84(130)114-71(83(129)105-45-79(96)125)48-139-49-80(126)108-68(34-53-27-29-58(30-28-53)107-94(99)100)89(135)115(6)52(5)81(127)111-69(41-78(95)124)90(136)118-32-18-26-73(118)87(133)110-66(39-59-44-101-50-106-59)85(131)112-67(33-51(3)4)91(137)119-46-60(121)40-75(119)77(123)37-54(35-56-42-103-63-21-15-13-19-61(56)63)82(128)113-70(47-120)76(122)38-55(36-57-43-104-64-22-16-14-20-62(57)64)88(134)117(8)74(25-12-10-2)92(138)116(72)7/h13-16,19-22,27-30,42-44,50-52,54-55,60,65-75,103-104,120-121H,9-12,17-18,23-26,31-41,45-49H2,1-8H3,(H2,95,124)(H2,96,125)(H,101,106)(H,105,129)(H,108,126)(H,109,132)(H,110,133)(H,111,127)(H,112,131)(H,113,128)(H,114,130)(H4,97,98,102)(H4,99,100,107)/t52-,54+,55+,60+,65-,66-,67-,68-,69-,70-,71-,72-,73-,74-,75-/m0/s1. The van der Waals surface area contributed by atoms with Crippen LogP contribution in [-0.4, -0.2) is 311 Å². The molecule has 0 aliphatic carbocycles. The van der Waals surface area contributed by atoms with Crippen molar-refractivity contribution < 1.29 is 91.7 Å². The fraction of sp³-hybridized carbons (Fsp3) is 0.532. The number of aromatic nitrogens is 4. The number of primary amides is 2. The number of aromatic amines is 3. The average molecular weight is 1950 g/mol. The van der Waals surface area contributed by atoms with Crippen LogP contribution < -0.4 is 76.5 Å². The van der Waals surface area contributed by atoms with Gasteiger partial charge in [-0.05, 0) is 112 Å². The van der Waals surface area contributed by atoms with E-state index >= 15 is 47.9 Å². The van der Waals surface area contributed by atoms with Gasteiger partial charge in [0.2, 0.25) is 88.6 Å². The second-order valence-corrected chi connectivity index (χ2v) is 37.2. The number of ketones is 2. The Bertz CT molecular complexity index is 5390. The summed E-state index contributed by atoms with van der Waals surface area (Å²) in [4.78, 5) is 275. The maximum atomic E-state index is 15.9. The number of para-hydroxylation sites is 2. The van der Waals surface area contributed by atoms with E-state index in [0.29, 0.717) is 75.6 Å². The lowest BCUT2D eigenvalue weighted by molar-refractivity contribution is -0.150. The van der Waals surface area contributed by atoms with Crippen molar-refractivity contribution in [3.63, 3.8) is 0 Å². The number of hydrogen-bond donors (Lipinski definition) is 20. The number of imidazole rings is 1. The van der Waals surface area contributed by atoms with Crippen LogP contribution in [0.5, 0.6) is 0 Å². The predicted octanol–water partition coefficient (Wildman–Crippen LogP) is -1.55. The van der Waals surface area contributed by atoms with Gasteiger partial charge < -0.3 is 126 Å². The van der Waals surface area contributed by atoms with E-state index in [4.69, 9.17) is 34.1 Å². The zero-order chi connectivity index (χ0) is 102. The third-order valence-electron chi connectivity index (χ3n) is 25.2. The molecule has 0 unspecified atom stereocenters. The maximum Gasteiger partial charge on any atom is 0.246 e. The molecule has 15 atom stereocenters. The van der Waals surface area contributed by atoms with Crippen molar-refractivity contribution in [3.8, 4) is 0 Å². The van der Waals surface area contributed by atoms with Crippen molar-refractivity contribution >= 4 is 151 Å². The number of thioether (sulfide) groups is 1. The quantitative estimate of drug-likeness (QED) is 0.0158. The van der Waals surface area contributed by atoms with Crippen LogP contribution in [-0.2, 0) is 107 Å². The number of unbranched alkanes of at least 4 members (excludes halogenated alkanes) is 2. The zero-order valence-corrected chi connectivity index (χ0v) is 80.4. The van der Waals surface area contributed by atoms with Crippen molar-refractivity contribution in [1.29, 1.82) is 5.41 Å². The van der Waals surface area contributed by atoms with Gasteiger partial charge >= 0.3 is 0 Å². The molecule has 3 aromatic carbocycles. The molecule has 0 saturated carbocycles. The molecule has 3 saturated heterocycles. The lowest BCUT2D eigenvalue weighted by atomic mass is 9.88. The predicted molar refractivity (Wildman–Crippen MR) is 516 cm³/mol. The number of nitrogens with two attached hydrogens (primary N) is 5. The fourth-order valence-corrected chi connectivity index (χ4v) is 18.4. The smallest absolute Gasteiger partial charge is 0.246 e. The number of likely N-dealkylation sites (N-methyl/N-ethyl adjacent to an activating group) is 3. The first-order chi connectivity index (χ1) is 66.2. The van der Waals surface area contributed by atoms with Gasteiger partial charge in [-0.2, -0.15) is 0 Å². The maximum absolute atomic E-state index is 15.9. The summed E-state index contributed by atoms with van der Waals surface area (Å²) >= 11 is 0.766. The number of nitrogens with one attached hydrogen (secondary N) is 13. The topological polar surface area (TPSA) is 682 Å². The molecule has 754 valence electrons. The van der Waals surface area contributed by atoms with E-state index in [-0.39, 0.29) is 102 Å². The van der Waals surface area contributed by atoms with Crippen LogP contribution in [0.1, 0.15) is 153 Å². The van der Waals surface area contributed by atoms with E-state index in [0.717, 1.165) is 26.5 Å². The number of fused-ring (bicyclic) bond motifs is 4. The summed E-state index contributed by atoms with van der Waals surface area (Å²) < 4.78 is 0. The summed E-state index contributed by atoms with van der Waals surface area (Å²) in [5.74, 6) is -19.9. The Balaban J connectivity index is 1.11. The Morgan fingerprint density at radius 1 is 0.576 bits per heavy atom. The minimum atomic E-state index is -1.79. The van der Waals surface area contributed by atoms with Crippen molar-refractivity contribution in [2.24, 2.45) is 51.4 Å². The molecular formula is C94H133N25O19S. The molecule has 3 fully saturated rings. The number of nitrogens with zero attached hydrogens (tertiary/aromatic N) is 7. The number of aliphatic hydroxyl groups excluding tert-OH is 2. The highest BCUT2D eigenvalue weighted by molar-refractivity contribution is 8.00. The Kier molecular flexibility index (Phi) is 40.8. The number of benzene rings is 3. The first-order valence-electron chi connectivity index (χ1n) is 46.8. The van der Waals surface area contributed by atoms with Crippen LogP contribution in [0.3, 0.4) is 0 Å². The molecule has 25 N–H and O–H groups in total. The number of carbonyl (C=O) groups is 17. The summed E-state index contributed by atoms with van der Waals surface area (Å²) in [6.07, 6.45) is 2.99. The lowest BCUT2D eigenvalue weighted by Crippen LogP contribution is -2.60. The second-order valence-electron chi connectivity index (χ2n) is 36.1. The zero-order valence-electron chi connectivity index (χ0n) is 79.6. The third kappa shape index (κ3) is 30.8. The number of rotatable bonds is 27. The van der Waals surface area contributed by atoms with Crippen LogP contribution in [0.2, 0.25) is 0 Å². The van der Waals surface area contributed by atoms with Gasteiger partial charge in [-0.1, -0.05) is 102 Å². The van der Waals surface area contributed by atoms with Crippen LogP contribution >= 0.6 is 11.8 Å². The molecular weight excluding hydrogens is 1820 g/mol. The molecule has 44 nitrogen and oxygen atoms in total. The normalized spacial score (nSPS) is 24.5. The summed E-state index contributed by atoms with van der Waals surface area (Å²) in [6.45, 7) is 6.21. The molecule has 15 amide bonds. The molecule has 139 heavy (non-hydrogen) atoms. The molecule has 0 spiro atoms. The van der Waals surface area contributed by atoms with Crippen LogP contribution in [0.15, 0.2) is 103 Å². The van der Waals surface area contributed by atoms with Gasteiger partial charge in [0, 0.05) is 137 Å². The Morgan fingerprint density at radius 2 is 1.17 bits per heavy atom. The first-order valence-corrected chi connectivity index (χ1v) is 48.0. The van der Waals surface area contributed by atoms with Crippen molar-refractivity contribution in [2.45, 2.75) is 235 Å². The number of guanidine groups is 2. The third-order valence-corrected chi connectivity index (χ3v) is 26.2. The molecule has 3 aliphatic heterocycles. The molecule has 3 aromatic heterocycles. The Hall–Kier alpha value is -13.9. The molecule has 6 heterocycles. The minimum absolute atomic E-state index is 0.00858. The summed E-state index contributed by atoms with van der Waals surface area (Å²) in [5.41, 5.74) is 31.7. The first kappa shape index (κ1) is 109. The number of aliphatic imine (C=N–C) groups is 1. The second kappa shape index (κ2) is 52.1. The number of carbonyl (C=O) groups excluding carboxylic acids is 17. The van der Waals surface area contributed by atoms with Crippen molar-refractivity contribution in [1.82, 2.24) is 92.3 Å². The van der Waals surface area contributed by atoms with Crippen LogP contribution in [0.25, 0.3) is 21.8 Å². The van der Waals surface area contributed by atoms with Gasteiger partial charge in [-0.25, -0.2) is 9.98 Å². The number of Topliss-reactive ketones (excluding diaryl/α,β-unsaturated/α-hetero) is 2. The van der Waals surface area contributed by atoms with E-state index in [2.05, 4.69) is 72.8 Å². The van der Waals surface area contributed by atoms with E-state index in [1.807, 2.05) is 13.8 Å². The van der Waals surface area contributed by atoms with Gasteiger partial charge in [0.15, 0.2) is 23.5 Å². The van der Waals surface area contributed by atoms with Crippen molar-refractivity contribution in [2.75, 3.05) is 65.4 Å². The van der Waals surface area contributed by atoms with Gasteiger partial charge in [0.25, 0.3) is 0 Å². The average Bonchev–Trinajstić information content (AvgIpc) is 1.71. The van der Waals surface area contributed by atoms with Gasteiger partial charge in [0.1, 0.15) is 66.5 Å². The van der Waals surface area contributed by atoms with E-state index < -0.39 is 247 Å². The molecule has 9 rings (SSSR count). The lowest BCUT2D eigenvalue weighted by Gasteiger charge is -2.36. The van der Waals surface area contributed by atoms with Crippen LogP contribution in [0.4, 0.5) is 5.69 Å². The highest BCUT2D eigenvalue weighted by atomic mass is 32.2.